The number of hydrogen-bond acceptors (Lipinski definition) is 4. The average Bonchev–Trinajstić information content (AvgIpc) is 3.17. The second kappa shape index (κ2) is 6.86. The van der Waals surface area contributed by atoms with Crippen LogP contribution in [0.25, 0.3) is 22.3 Å². The fourth-order valence-corrected chi connectivity index (χ4v) is 3.68. The summed E-state index contributed by atoms with van der Waals surface area (Å²) in [5.74, 6) is -0.0728. The van der Waals surface area contributed by atoms with Crippen LogP contribution in [-0.2, 0) is 0 Å². The van der Waals surface area contributed by atoms with Crippen LogP contribution >= 0.6 is 22.9 Å². The number of allylic oxidation sites excluding steroid dienone is 1. The standard InChI is InChI=1S/C20H14ClN3OS/c1-13-12-24-17(6-7-18(25)14-8-10-22-11-9-14)19(23-20(24)26-13)15-2-4-16(21)5-3-15/h2-12H,1H3/b7-6+. The fraction of sp³-hybridized carbons (Fsp3) is 0.0500. The smallest absolute Gasteiger partial charge is 0.194 e. The summed E-state index contributed by atoms with van der Waals surface area (Å²) in [5.41, 5.74) is 3.26. The molecule has 0 radical (unpaired) electrons. The van der Waals surface area contributed by atoms with Crippen molar-refractivity contribution in [1.29, 1.82) is 0 Å². The van der Waals surface area contributed by atoms with Crippen molar-refractivity contribution in [2.45, 2.75) is 6.92 Å². The van der Waals surface area contributed by atoms with Gasteiger partial charge in [-0.2, -0.15) is 0 Å². The molecule has 0 bridgehead atoms. The molecule has 26 heavy (non-hydrogen) atoms. The molecule has 4 aromatic rings. The molecule has 1 aromatic carbocycles. The third-order valence-electron chi connectivity index (χ3n) is 3.95. The Morgan fingerprint density at radius 2 is 1.88 bits per heavy atom. The molecule has 0 saturated heterocycles. The predicted octanol–water partition coefficient (Wildman–Crippen LogP) is 5.32. The molecule has 6 heteroatoms. The number of benzene rings is 1. The molecule has 0 saturated carbocycles. The summed E-state index contributed by atoms with van der Waals surface area (Å²) in [4.78, 5) is 23.2. The van der Waals surface area contributed by atoms with Crippen LogP contribution in [0, 0.1) is 6.92 Å². The summed E-state index contributed by atoms with van der Waals surface area (Å²) < 4.78 is 2.01. The van der Waals surface area contributed by atoms with E-state index in [1.165, 1.54) is 0 Å². The number of aryl methyl sites for hydroxylation is 1. The van der Waals surface area contributed by atoms with Gasteiger partial charge in [0.15, 0.2) is 10.7 Å². The van der Waals surface area contributed by atoms with Crippen LogP contribution in [0.4, 0.5) is 0 Å². The predicted molar refractivity (Wildman–Crippen MR) is 106 cm³/mol. The Kier molecular flexibility index (Phi) is 4.41. The number of imidazole rings is 1. The largest absolute Gasteiger partial charge is 0.290 e. The topological polar surface area (TPSA) is 47.3 Å². The van der Waals surface area contributed by atoms with Crippen LogP contribution in [0.5, 0.6) is 0 Å². The average molecular weight is 380 g/mol. The number of nitrogens with zero attached hydrogens (tertiary/aromatic N) is 3. The molecule has 0 spiro atoms. The zero-order valence-electron chi connectivity index (χ0n) is 13.9. The number of ketones is 1. The van der Waals surface area contributed by atoms with Gasteiger partial charge in [0.25, 0.3) is 0 Å². The lowest BCUT2D eigenvalue weighted by Gasteiger charge is -2.01. The summed E-state index contributed by atoms with van der Waals surface area (Å²) in [6.07, 6.45) is 8.64. The summed E-state index contributed by atoms with van der Waals surface area (Å²) in [6, 6.07) is 10.9. The van der Waals surface area contributed by atoms with Crippen molar-refractivity contribution in [1.82, 2.24) is 14.4 Å². The lowest BCUT2D eigenvalue weighted by molar-refractivity contribution is 0.104. The minimum absolute atomic E-state index is 0.0728. The molecular formula is C20H14ClN3OS. The molecule has 0 aliphatic heterocycles. The van der Waals surface area contributed by atoms with E-state index in [4.69, 9.17) is 16.6 Å². The molecular weight excluding hydrogens is 366 g/mol. The Bertz CT molecular complexity index is 1110. The first-order valence-electron chi connectivity index (χ1n) is 7.99. The normalized spacial score (nSPS) is 11.5. The molecule has 0 amide bonds. The Labute approximate surface area is 159 Å². The zero-order chi connectivity index (χ0) is 18.1. The van der Waals surface area contributed by atoms with Crippen molar-refractivity contribution in [2.24, 2.45) is 0 Å². The van der Waals surface area contributed by atoms with E-state index in [2.05, 4.69) is 4.98 Å². The number of pyridine rings is 1. The van der Waals surface area contributed by atoms with Gasteiger partial charge >= 0.3 is 0 Å². The Morgan fingerprint density at radius 3 is 2.62 bits per heavy atom. The van der Waals surface area contributed by atoms with Gasteiger partial charge in [-0.1, -0.05) is 23.7 Å². The first-order valence-corrected chi connectivity index (χ1v) is 9.18. The quantitative estimate of drug-likeness (QED) is 0.356. The molecule has 4 rings (SSSR count). The highest BCUT2D eigenvalue weighted by atomic mass is 35.5. The van der Waals surface area contributed by atoms with Crippen LogP contribution in [0.2, 0.25) is 5.02 Å². The number of carbonyl (C=O) groups excluding carboxylic acids is 1. The highest BCUT2D eigenvalue weighted by Gasteiger charge is 2.14. The Morgan fingerprint density at radius 1 is 1.15 bits per heavy atom. The highest BCUT2D eigenvalue weighted by molar-refractivity contribution is 7.17. The lowest BCUT2D eigenvalue weighted by Crippen LogP contribution is -1.94. The van der Waals surface area contributed by atoms with Crippen molar-refractivity contribution in [3.63, 3.8) is 0 Å². The second-order valence-corrected chi connectivity index (χ2v) is 7.43. The molecule has 0 fully saturated rings. The minimum atomic E-state index is -0.0728. The molecule has 0 aliphatic rings. The van der Waals surface area contributed by atoms with Crippen molar-refractivity contribution < 1.29 is 4.79 Å². The maximum atomic E-state index is 12.4. The molecule has 0 unspecified atom stereocenters. The van der Waals surface area contributed by atoms with E-state index in [1.54, 1.807) is 41.9 Å². The van der Waals surface area contributed by atoms with E-state index in [0.717, 1.165) is 26.8 Å². The highest BCUT2D eigenvalue weighted by Crippen LogP contribution is 2.30. The van der Waals surface area contributed by atoms with E-state index < -0.39 is 0 Å². The van der Waals surface area contributed by atoms with Gasteiger partial charge in [-0.15, -0.1) is 11.3 Å². The molecule has 3 aromatic heterocycles. The monoisotopic (exact) mass is 379 g/mol. The summed E-state index contributed by atoms with van der Waals surface area (Å²) in [5, 5.41) is 0.676. The molecule has 0 atom stereocenters. The van der Waals surface area contributed by atoms with Crippen molar-refractivity contribution in [3.05, 3.63) is 82.2 Å². The van der Waals surface area contributed by atoms with E-state index in [-0.39, 0.29) is 5.78 Å². The van der Waals surface area contributed by atoms with Crippen LogP contribution in [0.3, 0.4) is 0 Å². The van der Waals surface area contributed by atoms with Gasteiger partial charge in [0, 0.05) is 39.6 Å². The van der Waals surface area contributed by atoms with Gasteiger partial charge in [0.05, 0.1) is 11.4 Å². The maximum Gasteiger partial charge on any atom is 0.194 e. The number of rotatable bonds is 4. The van der Waals surface area contributed by atoms with Gasteiger partial charge in [-0.05, 0) is 43.3 Å². The minimum Gasteiger partial charge on any atom is -0.290 e. The number of hydrogen-bond donors (Lipinski definition) is 0. The third-order valence-corrected chi connectivity index (χ3v) is 5.10. The molecule has 3 heterocycles. The van der Waals surface area contributed by atoms with Crippen LogP contribution in [-0.4, -0.2) is 20.2 Å². The SMILES string of the molecule is Cc1cn2c(/C=C/C(=O)c3ccncc3)c(-c3ccc(Cl)cc3)nc2s1. The first-order chi connectivity index (χ1) is 12.6. The van der Waals surface area contributed by atoms with Gasteiger partial charge in [0.1, 0.15) is 0 Å². The first kappa shape index (κ1) is 16.7. The third kappa shape index (κ3) is 3.19. The van der Waals surface area contributed by atoms with Gasteiger partial charge in [0.2, 0.25) is 0 Å². The fourth-order valence-electron chi connectivity index (χ4n) is 2.72. The summed E-state index contributed by atoms with van der Waals surface area (Å²) in [7, 11) is 0. The van der Waals surface area contributed by atoms with Crippen LogP contribution in [0.15, 0.2) is 61.1 Å². The van der Waals surface area contributed by atoms with E-state index >= 15 is 0 Å². The van der Waals surface area contributed by atoms with Crippen LogP contribution < -0.4 is 0 Å². The van der Waals surface area contributed by atoms with Crippen molar-refractivity contribution in [3.8, 4) is 11.3 Å². The number of carbonyl (C=O) groups is 1. The number of aromatic nitrogens is 3. The van der Waals surface area contributed by atoms with Crippen molar-refractivity contribution in [2.75, 3.05) is 0 Å². The summed E-state index contributed by atoms with van der Waals surface area (Å²) >= 11 is 7.61. The summed E-state index contributed by atoms with van der Waals surface area (Å²) in [6.45, 7) is 2.04. The zero-order valence-corrected chi connectivity index (χ0v) is 15.5. The van der Waals surface area contributed by atoms with E-state index in [9.17, 15) is 4.79 Å². The number of halogens is 1. The van der Waals surface area contributed by atoms with Gasteiger partial charge in [-0.3, -0.25) is 14.2 Å². The molecule has 0 aliphatic carbocycles. The van der Waals surface area contributed by atoms with Gasteiger partial charge < -0.3 is 0 Å². The van der Waals surface area contributed by atoms with E-state index in [0.29, 0.717) is 10.6 Å². The molecule has 128 valence electrons. The maximum absolute atomic E-state index is 12.4. The van der Waals surface area contributed by atoms with E-state index in [1.807, 2.05) is 47.9 Å². The lowest BCUT2D eigenvalue weighted by atomic mass is 10.1. The van der Waals surface area contributed by atoms with Crippen molar-refractivity contribution >= 4 is 39.8 Å². The number of fused-ring (bicyclic) bond motifs is 1. The number of thiazole rings is 1. The Hall–Kier alpha value is -2.76. The molecule has 4 nitrogen and oxygen atoms in total. The van der Waals surface area contributed by atoms with Gasteiger partial charge in [-0.25, -0.2) is 4.98 Å². The Balaban J connectivity index is 1.79. The second-order valence-electron chi connectivity index (χ2n) is 5.78. The molecule has 0 N–H and O–H groups in total. The van der Waals surface area contributed by atoms with Crippen LogP contribution in [0.1, 0.15) is 20.9 Å².